The van der Waals surface area contributed by atoms with E-state index in [0.717, 1.165) is 5.56 Å². The molecule has 33 heavy (non-hydrogen) atoms. The van der Waals surface area contributed by atoms with Crippen molar-refractivity contribution in [2.24, 2.45) is 0 Å². The number of rotatable bonds is 13. The third-order valence-corrected chi connectivity index (χ3v) is 4.25. The van der Waals surface area contributed by atoms with E-state index in [2.05, 4.69) is 16.0 Å². The van der Waals surface area contributed by atoms with Crippen molar-refractivity contribution in [3.63, 3.8) is 0 Å². The van der Waals surface area contributed by atoms with Gasteiger partial charge in [0.25, 0.3) is 0 Å². The van der Waals surface area contributed by atoms with Gasteiger partial charge >= 0.3 is 11.9 Å². The Bertz CT molecular complexity index is 840. The quantitative estimate of drug-likeness (QED) is 0.290. The van der Waals surface area contributed by atoms with Crippen molar-refractivity contribution in [2.45, 2.75) is 45.7 Å². The number of benzene rings is 1. The van der Waals surface area contributed by atoms with E-state index in [1.807, 2.05) is 30.3 Å². The van der Waals surface area contributed by atoms with Gasteiger partial charge in [-0.25, -0.2) is 4.79 Å². The minimum Gasteiger partial charge on any atom is -0.466 e. The van der Waals surface area contributed by atoms with Gasteiger partial charge in [-0.15, -0.1) is 0 Å². The Balaban J connectivity index is 2.51. The maximum Gasteiger partial charge on any atom is 0.328 e. The lowest BCUT2D eigenvalue weighted by Gasteiger charge is -2.20. The number of carbonyl (C=O) groups excluding carboxylic acids is 5. The van der Waals surface area contributed by atoms with Crippen molar-refractivity contribution in [1.29, 1.82) is 0 Å². The zero-order chi connectivity index (χ0) is 24.6. The lowest BCUT2D eigenvalue weighted by atomic mass is 10.1. The van der Waals surface area contributed by atoms with Crippen LogP contribution in [0.5, 0.6) is 0 Å². The first-order valence-electron chi connectivity index (χ1n) is 10.7. The van der Waals surface area contributed by atoms with E-state index in [1.165, 1.54) is 13.0 Å². The summed E-state index contributed by atoms with van der Waals surface area (Å²) in [6.45, 7) is 4.69. The third kappa shape index (κ3) is 11.5. The Kier molecular flexibility index (Phi) is 12.6. The van der Waals surface area contributed by atoms with Crippen LogP contribution in [0, 0.1) is 0 Å². The molecule has 2 atom stereocenters. The highest BCUT2D eigenvalue weighted by molar-refractivity contribution is 5.95. The molecule has 0 aliphatic rings. The number of ether oxygens (including phenoxy) is 2. The average molecular weight is 462 g/mol. The SMILES string of the molecule is CCOC(=O)CC[C@@H](NC(=O)[C@H](C)NC(=O)CNC(=O)/C=C/c1ccccc1)C(=O)OCC. The zero-order valence-corrected chi connectivity index (χ0v) is 19.1. The fourth-order valence-corrected chi connectivity index (χ4v) is 2.60. The van der Waals surface area contributed by atoms with Crippen LogP contribution in [0.25, 0.3) is 6.08 Å². The van der Waals surface area contributed by atoms with Crippen LogP contribution in [0.2, 0.25) is 0 Å². The highest BCUT2D eigenvalue weighted by Crippen LogP contribution is 2.03. The van der Waals surface area contributed by atoms with Gasteiger partial charge in [0.05, 0.1) is 19.8 Å². The molecule has 0 fully saturated rings. The zero-order valence-electron chi connectivity index (χ0n) is 19.1. The largest absolute Gasteiger partial charge is 0.466 e. The highest BCUT2D eigenvalue weighted by atomic mass is 16.5. The van der Waals surface area contributed by atoms with E-state index in [9.17, 15) is 24.0 Å². The van der Waals surface area contributed by atoms with Crippen LogP contribution in [0.15, 0.2) is 36.4 Å². The predicted molar refractivity (Wildman–Crippen MR) is 121 cm³/mol. The van der Waals surface area contributed by atoms with Crippen LogP contribution in [-0.4, -0.2) is 61.5 Å². The van der Waals surface area contributed by atoms with Crippen molar-refractivity contribution in [2.75, 3.05) is 19.8 Å². The van der Waals surface area contributed by atoms with Crippen LogP contribution < -0.4 is 16.0 Å². The highest BCUT2D eigenvalue weighted by Gasteiger charge is 2.26. The van der Waals surface area contributed by atoms with E-state index in [-0.39, 0.29) is 32.6 Å². The molecule has 1 rings (SSSR count). The van der Waals surface area contributed by atoms with E-state index in [1.54, 1.807) is 19.9 Å². The first-order chi connectivity index (χ1) is 15.8. The summed E-state index contributed by atoms with van der Waals surface area (Å²) in [5.41, 5.74) is 0.835. The molecule has 10 nitrogen and oxygen atoms in total. The number of hydrogen-bond acceptors (Lipinski definition) is 7. The molecule has 0 aliphatic heterocycles. The van der Waals surface area contributed by atoms with Crippen LogP contribution in [-0.2, 0) is 33.4 Å². The van der Waals surface area contributed by atoms with Gasteiger partial charge in [-0.05, 0) is 38.8 Å². The maximum absolute atomic E-state index is 12.4. The predicted octanol–water partition coefficient (Wildman–Crippen LogP) is 0.712. The van der Waals surface area contributed by atoms with Crippen LogP contribution in [0.1, 0.15) is 39.2 Å². The van der Waals surface area contributed by atoms with Crippen molar-refractivity contribution in [3.05, 3.63) is 42.0 Å². The van der Waals surface area contributed by atoms with E-state index in [4.69, 9.17) is 9.47 Å². The monoisotopic (exact) mass is 461 g/mol. The minimum atomic E-state index is -1.07. The Labute approximate surface area is 193 Å². The molecule has 0 spiro atoms. The van der Waals surface area contributed by atoms with Crippen molar-refractivity contribution >= 4 is 35.7 Å². The van der Waals surface area contributed by atoms with E-state index >= 15 is 0 Å². The maximum atomic E-state index is 12.4. The summed E-state index contributed by atoms with van der Waals surface area (Å²) in [4.78, 5) is 60.0. The molecule has 10 heteroatoms. The van der Waals surface area contributed by atoms with Gasteiger partial charge in [-0.2, -0.15) is 0 Å². The fourth-order valence-electron chi connectivity index (χ4n) is 2.60. The number of amides is 3. The molecule has 0 unspecified atom stereocenters. The molecule has 0 bridgehead atoms. The molecule has 0 aromatic heterocycles. The second kappa shape index (κ2) is 15.2. The fraction of sp³-hybridized carbons (Fsp3) is 0.435. The molecule has 0 aliphatic carbocycles. The smallest absolute Gasteiger partial charge is 0.328 e. The van der Waals surface area contributed by atoms with Crippen LogP contribution in [0.4, 0.5) is 0 Å². The van der Waals surface area contributed by atoms with Gasteiger partial charge < -0.3 is 25.4 Å². The van der Waals surface area contributed by atoms with Gasteiger partial charge in [-0.3, -0.25) is 19.2 Å². The van der Waals surface area contributed by atoms with Gasteiger partial charge in [0, 0.05) is 12.5 Å². The first-order valence-corrected chi connectivity index (χ1v) is 10.7. The topological polar surface area (TPSA) is 140 Å². The molecule has 1 aromatic carbocycles. The lowest BCUT2D eigenvalue weighted by Crippen LogP contribution is -2.52. The minimum absolute atomic E-state index is 0.00607. The number of hydrogen-bond donors (Lipinski definition) is 3. The molecular weight excluding hydrogens is 430 g/mol. The summed E-state index contributed by atoms with van der Waals surface area (Å²) in [7, 11) is 0. The average Bonchev–Trinajstić information content (AvgIpc) is 2.79. The summed E-state index contributed by atoms with van der Waals surface area (Å²) < 4.78 is 9.76. The van der Waals surface area contributed by atoms with Crippen molar-refractivity contribution < 1.29 is 33.4 Å². The lowest BCUT2D eigenvalue weighted by molar-refractivity contribution is -0.149. The van der Waals surface area contributed by atoms with Crippen molar-refractivity contribution in [3.8, 4) is 0 Å². The Morgan fingerprint density at radius 3 is 2.27 bits per heavy atom. The summed E-state index contributed by atoms with van der Waals surface area (Å²) in [5.74, 6) is -2.88. The number of esters is 2. The van der Waals surface area contributed by atoms with Crippen molar-refractivity contribution in [1.82, 2.24) is 16.0 Å². The number of nitrogens with one attached hydrogen (secondary N) is 3. The molecule has 1 aromatic rings. The summed E-state index contributed by atoms with van der Waals surface area (Å²) >= 11 is 0. The molecule has 0 radical (unpaired) electrons. The second-order valence-electron chi connectivity index (χ2n) is 6.91. The Morgan fingerprint density at radius 2 is 1.64 bits per heavy atom. The molecule has 0 heterocycles. The summed E-state index contributed by atoms with van der Waals surface area (Å²) in [6, 6.07) is 7.12. The van der Waals surface area contributed by atoms with Gasteiger partial charge in [0.15, 0.2) is 0 Å². The number of carbonyl (C=O) groups is 5. The summed E-state index contributed by atoms with van der Waals surface area (Å²) in [6.07, 6.45) is 2.82. The molecular formula is C23H31N3O7. The van der Waals surface area contributed by atoms with Crippen LogP contribution in [0.3, 0.4) is 0 Å². The van der Waals surface area contributed by atoms with Gasteiger partial charge in [-0.1, -0.05) is 30.3 Å². The van der Waals surface area contributed by atoms with Gasteiger partial charge in [0.1, 0.15) is 12.1 Å². The second-order valence-corrected chi connectivity index (χ2v) is 6.91. The molecule has 180 valence electrons. The standard InChI is InChI=1S/C23H31N3O7/c1-4-32-21(29)14-12-18(23(31)33-5-2)26-22(30)16(3)25-20(28)15-24-19(27)13-11-17-9-7-6-8-10-17/h6-11,13,16,18H,4-5,12,14-15H2,1-3H3,(H,24,27)(H,25,28)(H,26,30)/b13-11+/t16-,18+/m0/s1. The Morgan fingerprint density at radius 1 is 0.970 bits per heavy atom. The molecule has 0 saturated carbocycles. The first kappa shape index (κ1) is 27.3. The Hall–Kier alpha value is -3.69. The van der Waals surface area contributed by atoms with Crippen LogP contribution >= 0.6 is 0 Å². The van der Waals surface area contributed by atoms with Gasteiger partial charge in [0.2, 0.25) is 17.7 Å². The van der Waals surface area contributed by atoms with E-state index in [0.29, 0.717) is 0 Å². The van der Waals surface area contributed by atoms with E-state index < -0.39 is 41.7 Å². The molecule has 0 saturated heterocycles. The molecule has 3 amide bonds. The summed E-state index contributed by atoms with van der Waals surface area (Å²) in [5, 5.41) is 7.33. The third-order valence-electron chi connectivity index (χ3n) is 4.25. The normalized spacial score (nSPS) is 12.3. The molecule has 3 N–H and O–H groups in total.